The summed E-state index contributed by atoms with van der Waals surface area (Å²) in [6.45, 7) is 0. The van der Waals surface area contributed by atoms with Gasteiger partial charge in [-0.1, -0.05) is 0 Å². The van der Waals surface area contributed by atoms with Crippen molar-refractivity contribution in [2.45, 2.75) is 18.8 Å². The number of alkyl halides is 2. The fourth-order valence-corrected chi connectivity index (χ4v) is 1.26. The molecule has 0 spiro atoms. The van der Waals surface area contributed by atoms with E-state index in [0.717, 1.165) is 6.07 Å². The smallest absolute Gasteiger partial charge is 0.292 e. The Morgan fingerprint density at radius 3 is 2.69 bits per heavy atom. The minimum absolute atomic E-state index is 0.162. The van der Waals surface area contributed by atoms with Gasteiger partial charge in [-0.15, -0.1) is 0 Å². The highest BCUT2D eigenvalue weighted by Crippen LogP contribution is 2.49. The van der Waals surface area contributed by atoms with E-state index < -0.39 is 11.8 Å². The molecule has 1 heterocycles. The van der Waals surface area contributed by atoms with Crippen LogP contribution in [0.3, 0.4) is 0 Å². The maximum atomic E-state index is 13.3. The van der Waals surface area contributed by atoms with Crippen LogP contribution in [0.5, 0.6) is 5.75 Å². The minimum Gasteiger partial charge on any atom is -0.508 e. The van der Waals surface area contributed by atoms with Crippen molar-refractivity contribution in [1.29, 1.82) is 0 Å². The number of aromatic nitrogens is 1. The topological polar surface area (TPSA) is 33.1 Å². The largest absolute Gasteiger partial charge is 0.508 e. The van der Waals surface area contributed by atoms with E-state index in [9.17, 15) is 8.78 Å². The number of pyridine rings is 1. The highest BCUT2D eigenvalue weighted by molar-refractivity contribution is 5.24. The molecule has 0 aromatic carbocycles. The average molecular weight is 185 g/mol. The van der Waals surface area contributed by atoms with E-state index >= 15 is 0 Å². The van der Waals surface area contributed by atoms with Crippen molar-refractivity contribution in [2.75, 3.05) is 0 Å². The standard InChI is InChI=1S/C9H9F2NO/c10-9(11,6-1-2-6)8-5-7(13)3-4-12-8/h3-6H,1-2H2,(H,12,13). The number of halogens is 2. The van der Waals surface area contributed by atoms with Crippen LogP contribution < -0.4 is 0 Å². The third-order valence-electron chi connectivity index (χ3n) is 2.18. The molecule has 0 atom stereocenters. The summed E-state index contributed by atoms with van der Waals surface area (Å²) < 4.78 is 26.7. The second-order valence-electron chi connectivity index (χ2n) is 3.30. The molecule has 2 nitrogen and oxygen atoms in total. The Hall–Kier alpha value is -1.19. The van der Waals surface area contributed by atoms with Crippen LogP contribution in [-0.4, -0.2) is 10.1 Å². The van der Waals surface area contributed by atoms with Gasteiger partial charge in [-0.25, -0.2) is 0 Å². The van der Waals surface area contributed by atoms with Crippen LogP contribution in [0.2, 0.25) is 0 Å². The molecule has 2 rings (SSSR count). The van der Waals surface area contributed by atoms with Gasteiger partial charge in [0, 0.05) is 18.2 Å². The molecule has 0 unspecified atom stereocenters. The van der Waals surface area contributed by atoms with Gasteiger partial charge in [0.25, 0.3) is 5.92 Å². The molecule has 0 radical (unpaired) electrons. The van der Waals surface area contributed by atoms with Crippen molar-refractivity contribution >= 4 is 0 Å². The second-order valence-corrected chi connectivity index (χ2v) is 3.30. The van der Waals surface area contributed by atoms with Gasteiger partial charge in [-0.3, -0.25) is 4.98 Å². The van der Waals surface area contributed by atoms with Gasteiger partial charge in [-0.05, 0) is 18.9 Å². The first kappa shape index (κ1) is 8.41. The summed E-state index contributed by atoms with van der Waals surface area (Å²) in [7, 11) is 0. The molecule has 1 aromatic rings. The summed E-state index contributed by atoms with van der Waals surface area (Å²) >= 11 is 0. The Labute approximate surface area is 74.2 Å². The van der Waals surface area contributed by atoms with Crippen LogP contribution in [0.1, 0.15) is 18.5 Å². The van der Waals surface area contributed by atoms with Crippen molar-refractivity contribution < 1.29 is 13.9 Å². The summed E-state index contributed by atoms with van der Waals surface area (Å²) in [4.78, 5) is 3.56. The van der Waals surface area contributed by atoms with Gasteiger partial charge in [-0.2, -0.15) is 8.78 Å². The van der Waals surface area contributed by atoms with E-state index in [1.54, 1.807) is 0 Å². The van der Waals surface area contributed by atoms with E-state index in [2.05, 4.69) is 4.98 Å². The van der Waals surface area contributed by atoms with Gasteiger partial charge in [0.1, 0.15) is 11.4 Å². The fraction of sp³-hybridized carbons (Fsp3) is 0.444. The molecule has 1 aliphatic carbocycles. The number of rotatable bonds is 2. The summed E-state index contributed by atoms with van der Waals surface area (Å²) in [6, 6.07) is 2.31. The zero-order chi connectivity index (χ0) is 9.47. The molecule has 1 N–H and O–H groups in total. The highest BCUT2D eigenvalue weighted by atomic mass is 19.3. The van der Waals surface area contributed by atoms with E-state index in [1.807, 2.05) is 0 Å². The second kappa shape index (κ2) is 2.65. The van der Waals surface area contributed by atoms with E-state index in [4.69, 9.17) is 5.11 Å². The number of aromatic hydroxyl groups is 1. The van der Waals surface area contributed by atoms with Gasteiger partial charge in [0.2, 0.25) is 0 Å². The summed E-state index contributed by atoms with van der Waals surface area (Å²) in [5, 5.41) is 9.01. The molecule has 1 fully saturated rings. The zero-order valence-corrected chi connectivity index (χ0v) is 6.87. The monoisotopic (exact) mass is 185 g/mol. The summed E-state index contributed by atoms with van der Waals surface area (Å²) in [5.74, 6) is -3.62. The normalized spacial score (nSPS) is 17.4. The van der Waals surface area contributed by atoms with Crippen LogP contribution in [0.25, 0.3) is 0 Å². The van der Waals surface area contributed by atoms with Crippen LogP contribution in [0.4, 0.5) is 8.78 Å². The minimum atomic E-state index is -2.88. The molecule has 1 saturated carbocycles. The molecule has 0 bridgehead atoms. The Bertz CT molecular complexity index is 323. The lowest BCUT2D eigenvalue weighted by Gasteiger charge is -2.14. The van der Waals surface area contributed by atoms with E-state index in [-0.39, 0.29) is 11.4 Å². The molecule has 0 amide bonds. The molecule has 1 aliphatic rings. The Morgan fingerprint density at radius 1 is 1.46 bits per heavy atom. The predicted octanol–water partition coefficient (Wildman–Crippen LogP) is 2.29. The van der Waals surface area contributed by atoms with Gasteiger partial charge in [0.15, 0.2) is 0 Å². The molecule has 0 aliphatic heterocycles. The molecular weight excluding hydrogens is 176 g/mol. The van der Waals surface area contributed by atoms with Crippen molar-refractivity contribution in [1.82, 2.24) is 4.98 Å². The maximum absolute atomic E-state index is 13.3. The van der Waals surface area contributed by atoms with Crippen LogP contribution in [0, 0.1) is 5.92 Å². The van der Waals surface area contributed by atoms with Gasteiger partial charge in [0.05, 0.1) is 0 Å². The van der Waals surface area contributed by atoms with Crippen LogP contribution in [0.15, 0.2) is 18.3 Å². The average Bonchev–Trinajstić information content (AvgIpc) is 2.86. The first-order chi connectivity index (χ1) is 6.10. The molecule has 1 aromatic heterocycles. The molecular formula is C9H9F2NO. The number of nitrogens with zero attached hydrogens (tertiary/aromatic N) is 1. The van der Waals surface area contributed by atoms with Crippen molar-refractivity contribution in [2.24, 2.45) is 5.92 Å². The molecule has 70 valence electrons. The summed E-state index contributed by atoms with van der Waals surface area (Å²) in [6.07, 6.45) is 2.29. The predicted molar refractivity (Wildman–Crippen MR) is 42.5 cm³/mol. The number of hydrogen-bond donors (Lipinski definition) is 1. The first-order valence-electron chi connectivity index (χ1n) is 4.14. The maximum Gasteiger partial charge on any atom is 0.292 e. The fourth-order valence-electron chi connectivity index (χ4n) is 1.26. The molecule has 13 heavy (non-hydrogen) atoms. The van der Waals surface area contributed by atoms with Crippen LogP contribution >= 0.6 is 0 Å². The third-order valence-corrected chi connectivity index (χ3v) is 2.18. The van der Waals surface area contributed by atoms with Crippen molar-refractivity contribution in [3.05, 3.63) is 24.0 Å². The SMILES string of the molecule is Oc1ccnc(C(F)(F)C2CC2)c1. The zero-order valence-electron chi connectivity index (χ0n) is 6.87. The lowest BCUT2D eigenvalue weighted by Crippen LogP contribution is -2.17. The third kappa shape index (κ3) is 1.48. The highest BCUT2D eigenvalue weighted by Gasteiger charge is 2.49. The van der Waals surface area contributed by atoms with Crippen molar-refractivity contribution in [3.63, 3.8) is 0 Å². The quantitative estimate of drug-likeness (QED) is 0.766. The van der Waals surface area contributed by atoms with Gasteiger partial charge >= 0.3 is 0 Å². The van der Waals surface area contributed by atoms with Crippen molar-refractivity contribution in [3.8, 4) is 5.75 Å². The lowest BCUT2D eigenvalue weighted by molar-refractivity contribution is -0.0330. The van der Waals surface area contributed by atoms with Gasteiger partial charge < -0.3 is 5.11 Å². The lowest BCUT2D eigenvalue weighted by atomic mass is 10.1. The Balaban J connectivity index is 2.33. The Kier molecular flexibility index (Phi) is 1.71. The Morgan fingerprint density at radius 2 is 2.15 bits per heavy atom. The summed E-state index contributed by atoms with van der Waals surface area (Å²) in [5.41, 5.74) is -0.324. The van der Waals surface area contributed by atoms with E-state index in [0.29, 0.717) is 12.8 Å². The number of hydrogen-bond acceptors (Lipinski definition) is 2. The molecule has 4 heteroatoms. The molecule has 0 saturated heterocycles. The van der Waals surface area contributed by atoms with Crippen LogP contribution in [-0.2, 0) is 5.92 Å². The first-order valence-corrected chi connectivity index (χ1v) is 4.14. The van der Waals surface area contributed by atoms with E-state index in [1.165, 1.54) is 12.3 Å².